The van der Waals surface area contributed by atoms with Gasteiger partial charge in [0, 0.05) is 6.42 Å². The molecule has 0 aliphatic carbocycles. The standard InChI is InChI=1S/C13H24N2O/c1-4-6-12(9-10-14)7-8-13(16)15-11(3)5-2/h2,11-12H,4,6-10,14H2,1,3H3,(H,15,16). The average Bonchev–Trinajstić information content (AvgIpc) is 2.26. The summed E-state index contributed by atoms with van der Waals surface area (Å²) in [5.74, 6) is 3.10. The molecule has 0 aliphatic rings. The van der Waals surface area contributed by atoms with Crippen LogP contribution in [-0.2, 0) is 4.79 Å². The number of terminal acetylenes is 1. The molecule has 2 atom stereocenters. The smallest absolute Gasteiger partial charge is 0.220 e. The number of rotatable bonds is 8. The van der Waals surface area contributed by atoms with Gasteiger partial charge in [-0.15, -0.1) is 6.42 Å². The van der Waals surface area contributed by atoms with Crippen molar-refractivity contribution in [2.75, 3.05) is 6.54 Å². The lowest BCUT2D eigenvalue weighted by molar-refractivity contribution is -0.121. The molecule has 0 aromatic heterocycles. The largest absolute Gasteiger partial charge is 0.343 e. The second-order valence-electron chi connectivity index (χ2n) is 4.23. The third kappa shape index (κ3) is 7.30. The maximum Gasteiger partial charge on any atom is 0.220 e. The van der Waals surface area contributed by atoms with Gasteiger partial charge in [-0.1, -0.05) is 25.7 Å². The van der Waals surface area contributed by atoms with Crippen LogP contribution in [0.1, 0.15) is 46.0 Å². The van der Waals surface area contributed by atoms with E-state index in [1.54, 1.807) is 6.92 Å². The van der Waals surface area contributed by atoms with Gasteiger partial charge >= 0.3 is 0 Å². The van der Waals surface area contributed by atoms with Gasteiger partial charge in [0.2, 0.25) is 5.91 Å². The summed E-state index contributed by atoms with van der Waals surface area (Å²) < 4.78 is 0. The number of hydrogen-bond acceptors (Lipinski definition) is 2. The van der Waals surface area contributed by atoms with Crippen LogP contribution >= 0.6 is 0 Å². The van der Waals surface area contributed by atoms with E-state index in [-0.39, 0.29) is 11.9 Å². The SMILES string of the molecule is C#CC(C)NC(=O)CCC(CCC)CCN. The van der Waals surface area contributed by atoms with Gasteiger partial charge in [0.05, 0.1) is 6.04 Å². The van der Waals surface area contributed by atoms with Crippen LogP contribution < -0.4 is 11.1 Å². The van der Waals surface area contributed by atoms with Gasteiger partial charge in [-0.3, -0.25) is 4.79 Å². The number of hydrogen-bond donors (Lipinski definition) is 2. The minimum atomic E-state index is -0.174. The molecule has 0 saturated heterocycles. The summed E-state index contributed by atoms with van der Waals surface area (Å²) in [5, 5.41) is 2.76. The van der Waals surface area contributed by atoms with E-state index in [0.29, 0.717) is 18.9 Å². The monoisotopic (exact) mass is 224 g/mol. The van der Waals surface area contributed by atoms with Crippen molar-refractivity contribution in [3.63, 3.8) is 0 Å². The fraction of sp³-hybridized carbons (Fsp3) is 0.769. The Kier molecular flexibility index (Phi) is 8.65. The van der Waals surface area contributed by atoms with E-state index in [2.05, 4.69) is 18.2 Å². The molecule has 1 amide bonds. The molecule has 2 unspecified atom stereocenters. The summed E-state index contributed by atoms with van der Waals surface area (Å²) in [6, 6.07) is -0.174. The molecule has 3 nitrogen and oxygen atoms in total. The van der Waals surface area contributed by atoms with Crippen LogP contribution in [0.25, 0.3) is 0 Å². The van der Waals surface area contributed by atoms with E-state index in [0.717, 1.165) is 25.7 Å². The lowest BCUT2D eigenvalue weighted by atomic mass is 9.94. The molecule has 0 fully saturated rings. The lowest BCUT2D eigenvalue weighted by Crippen LogP contribution is -2.31. The molecule has 0 saturated carbocycles. The van der Waals surface area contributed by atoms with Crippen molar-refractivity contribution in [3.05, 3.63) is 0 Å². The van der Waals surface area contributed by atoms with E-state index in [1.807, 2.05) is 0 Å². The average molecular weight is 224 g/mol. The van der Waals surface area contributed by atoms with Gasteiger partial charge in [-0.2, -0.15) is 0 Å². The third-order valence-corrected chi connectivity index (χ3v) is 2.68. The van der Waals surface area contributed by atoms with Crippen molar-refractivity contribution in [2.45, 2.75) is 52.0 Å². The van der Waals surface area contributed by atoms with Gasteiger partial charge in [0.1, 0.15) is 0 Å². The summed E-state index contributed by atoms with van der Waals surface area (Å²) >= 11 is 0. The van der Waals surface area contributed by atoms with Crippen LogP contribution in [0.15, 0.2) is 0 Å². The highest BCUT2D eigenvalue weighted by atomic mass is 16.1. The molecule has 0 heterocycles. The zero-order valence-electron chi connectivity index (χ0n) is 10.5. The van der Waals surface area contributed by atoms with Gasteiger partial charge in [0.15, 0.2) is 0 Å². The van der Waals surface area contributed by atoms with Crippen LogP contribution in [0.4, 0.5) is 0 Å². The molecule has 3 N–H and O–H groups in total. The first-order chi connectivity index (χ1) is 7.63. The highest BCUT2D eigenvalue weighted by Gasteiger charge is 2.10. The molecule has 0 bridgehead atoms. The van der Waals surface area contributed by atoms with Gasteiger partial charge in [-0.05, 0) is 32.2 Å². The Labute approximate surface area is 99.2 Å². The summed E-state index contributed by atoms with van der Waals surface area (Å²) in [7, 11) is 0. The summed E-state index contributed by atoms with van der Waals surface area (Å²) in [5.41, 5.74) is 5.54. The van der Waals surface area contributed by atoms with Crippen LogP contribution in [0.2, 0.25) is 0 Å². The first kappa shape index (κ1) is 15.0. The molecule has 3 heteroatoms. The number of nitrogens with one attached hydrogen (secondary N) is 1. The van der Waals surface area contributed by atoms with Crippen molar-refractivity contribution in [1.82, 2.24) is 5.32 Å². The highest BCUT2D eigenvalue weighted by Crippen LogP contribution is 2.16. The molecular weight excluding hydrogens is 200 g/mol. The highest BCUT2D eigenvalue weighted by molar-refractivity contribution is 5.76. The van der Waals surface area contributed by atoms with Crippen LogP contribution in [0.3, 0.4) is 0 Å². The van der Waals surface area contributed by atoms with Gasteiger partial charge < -0.3 is 11.1 Å². The topological polar surface area (TPSA) is 55.1 Å². The molecule has 0 rings (SSSR count). The molecule has 0 radical (unpaired) electrons. The zero-order chi connectivity index (χ0) is 12.4. The van der Waals surface area contributed by atoms with E-state index in [4.69, 9.17) is 12.2 Å². The number of amides is 1. The Bertz CT molecular complexity index is 227. The first-order valence-electron chi connectivity index (χ1n) is 6.09. The maximum atomic E-state index is 11.5. The first-order valence-corrected chi connectivity index (χ1v) is 6.09. The van der Waals surface area contributed by atoms with Crippen molar-refractivity contribution in [3.8, 4) is 12.3 Å². The number of carbonyl (C=O) groups excluding carboxylic acids is 1. The van der Waals surface area contributed by atoms with E-state index < -0.39 is 0 Å². The zero-order valence-corrected chi connectivity index (χ0v) is 10.5. The number of nitrogens with two attached hydrogens (primary N) is 1. The minimum absolute atomic E-state index is 0.0450. The van der Waals surface area contributed by atoms with Crippen LogP contribution in [-0.4, -0.2) is 18.5 Å². The molecule has 16 heavy (non-hydrogen) atoms. The van der Waals surface area contributed by atoms with Crippen molar-refractivity contribution < 1.29 is 4.79 Å². The van der Waals surface area contributed by atoms with Crippen molar-refractivity contribution >= 4 is 5.91 Å². The van der Waals surface area contributed by atoms with Gasteiger partial charge in [0.25, 0.3) is 0 Å². The Morgan fingerprint density at radius 1 is 1.44 bits per heavy atom. The second-order valence-corrected chi connectivity index (χ2v) is 4.23. The minimum Gasteiger partial charge on any atom is -0.343 e. The van der Waals surface area contributed by atoms with Crippen LogP contribution in [0, 0.1) is 18.3 Å². The fourth-order valence-corrected chi connectivity index (χ4v) is 1.77. The van der Waals surface area contributed by atoms with Crippen molar-refractivity contribution in [1.29, 1.82) is 0 Å². The molecule has 0 spiro atoms. The van der Waals surface area contributed by atoms with E-state index >= 15 is 0 Å². The van der Waals surface area contributed by atoms with Crippen LogP contribution in [0.5, 0.6) is 0 Å². The quantitative estimate of drug-likeness (QED) is 0.616. The van der Waals surface area contributed by atoms with E-state index in [1.165, 1.54) is 0 Å². The third-order valence-electron chi connectivity index (χ3n) is 2.68. The Morgan fingerprint density at radius 2 is 2.12 bits per heavy atom. The lowest BCUT2D eigenvalue weighted by Gasteiger charge is -2.15. The molecule has 0 aliphatic heterocycles. The second kappa shape index (κ2) is 9.23. The molecule has 0 aromatic rings. The number of carbonyl (C=O) groups is 1. The van der Waals surface area contributed by atoms with E-state index in [9.17, 15) is 4.79 Å². The fourth-order valence-electron chi connectivity index (χ4n) is 1.77. The van der Waals surface area contributed by atoms with Crippen molar-refractivity contribution in [2.24, 2.45) is 11.7 Å². The molecule has 92 valence electrons. The molecular formula is C13H24N2O. The Balaban J connectivity index is 3.82. The van der Waals surface area contributed by atoms with Gasteiger partial charge in [-0.25, -0.2) is 0 Å². The summed E-state index contributed by atoms with van der Waals surface area (Å²) in [6.45, 7) is 4.67. The molecule has 0 aromatic carbocycles. The maximum absolute atomic E-state index is 11.5. The normalized spacial score (nSPS) is 13.9. The summed E-state index contributed by atoms with van der Waals surface area (Å²) in [4.78, 5) is 11.5. The predicted molar refractivity (Wildman–Crippen MR) is 67.7 cm³/mol. The Hall–Kier alpha value is -1.01. The summed E-state index contributed by atoms with van der Waals surface area (Å²) in [6.07, 6.45) is 9.95. The predicted octanol–water partition coefficient (Wildman–Crippen LogP) is 1.67. The Morgan fingerprint density at radius 3 is 2.62 bits per heavy atom.